The van der Waals surface area contributed by atoms with Crippen LogP contribution in [0, 0.1) is 11.8 Å². The first-order valence-corrected chi connectivity index (χ1v) is 8.54. The summed E-state index contributed by atoms with van der Waals surface area (Å²) in [6.45, 7) is 14.2. The molecule has 0 unspecified atom stereocenters. The van der Waals surface area contributed by atoms with Gasteiger partial charge in [-0.1, -0.05) is 40.5 Å². The summed E-state index contributed by atoms with van der Waals surface area (Å²) in [7, 11) is 0. The molecule has 19 heavy (non-hydrogen) atoms. The van der Waals surface area contributed by atoms with E-state index in [-0.39, 0.29) is 0 Å². The molecule has 1 aliphatic carbocycles. The maximum atomic E-state index is 3.55. The van der Waals surface area contributed by atoms with Gasteiger partial charge in [-0.3, -0.25) is 0 Å². The predicted octanol–water partition coefficient (Wildman–Crippen LogP) is 3.91. The van der Waals surface area contributed by atoms with E-state index in [1.165, 1.54) is 64.7 Å². The molecule has 0 atom stereocenters. The van der Waals surface area contributed by atoms with Crippen LogP contribution in [0.5, 0.6) is 0 Å². The van der Waals surface area contributed by atoms with Crippen LogP contribution in [0.4, 0.5) is 0 Å². The van der Waals surface area contributed by atoms with Crippen molar-refractivity contribution >= 4 is 0 Å². The van der Waals surface area contributed by atoms with Crippen LogP contribution in [0.25, 0.3) is 0 Å². The minimum absolute atomic E-state index is 0.774. The highest BCUT2D eigenvalue weighted by Gasteiger charge is 2.22. The zero-order chi connectivity index (χ0) is 14.1. The van der Waals surface area contributed by atoms with E-state index in [1.54, 1.807) is 0 Å². The molecule has 0 radical (unpaired) electrons. The van der Waals surface area contributed by atoms with Crippen LogP contribution in [-0.4, -0.2) is 37.1 Å². The summed E-state index contributed by atoms with van der Waals surface area (Å²) in [5, 5.41) is 3.55. The van der Waals surface area contributed by atoms with E-state index in [2.05, 4.69) is 37.9 Å². The first-order valence-electron chi connectivity index (χ1n) is 8.54. The van der Waals surface area contributed by atoms with Crippen molar-refractivity contribution < 1.29 is 0 Å². The van der Waals surface area contributed by atoms with Crippen LogP contribution in [0.2, 0.25) is 0 Å². The molecule has 0 aromatic carbocycles. The Labute approximate surface area is 121 Å². The predicted molar refractivity (Wildman–Crippen MR) is 85.6 cm³/mol. The van der Waals surface area contributed by atoms with E-state index in [4.69, 9.17) is 0 Å². The number of nitrogens with zero attached hydrogens (tertiary/aromatic N) is 1. The Morgan fingerprint density at radius 1 is 1.00 bits per heavy atom. The molecule has 1 N–H and O–H groups in total. The maximum Gasteiger partial charge on any atom is 0.00953 e. The third-order valence-corrected chi connectivity index (χ3v) is 4.04. The SMILES string of the molecule is CC(C)CNCCCCN(CC(C)C)C1CCCC1. The van der Waals surface area contributed by atoms with Gasteiger partial charge in [-0.2, -0.15) is 0 Å². The lowest BCUT2D eigenvalue weighted by atomic mass is 10.1. The molecule has 2 heteroatoms. The van der Waals surface area contributed by atoms with E-state index >= 15 is 0 Å². The van der Waals surface area contributed by atoms with Gasteiger partial charge in [0.05, 0.1) is 0 Å². The fraction of sp³-hybridized carbons (Fsp3) is 1.00. The standard InChI is InChI=1S/C17H36N2/c1-15(2)13-18-11-7-8-12-19(14-16(3)4)17-9-5-6-10-17/h15-18H,5-14H2,1-4H3. The van der Waals surface area contributed by atoms with Gasteiger partial charge in [0.15, 0.2) is 0 Å². The average Bonchev–Trinajstić information content (AvgIpc) is 2.84. The summed E-state index contributed by atoms with van der Waals surface area (Å²) in [6.07, 6.45) is 8.48. The molecule has 0 saturated heterocycles. The Balaban J connectivity index is 2.13. The first kappa shape index (κ1) is 17.0. The van der Waals surface area contributed by atoms with E-state index in [0.717, 1.165) is 17.9 Å². The first-order chi connectivity index (χ1) is 9.09. The fourth-order valence-corrected chi connectivity index (χ4v) is 3.12. The Hall–Kier alpha value is -0.0800. The zero-order valence-electron chi connectivity index (χ0n) is 13.8. The van der Waals surface area contributed by atoms with Crippen molar-refractivity contribution in [3.8, 4) is 0 Å². The molecule has 114 valence electrons. The minimum Gasteiger partial charge on any atom is -0.316 e. The summed E-state index contributed by atoms with van der Waals surface area (Å²) in [6, 6.07) is 0.894. The van der Waals surface area contributed by atoms with E-state index < -0.39 is 0 Å². The van der Waals surface area contributed by atoms with Crippen LogP contribution < -0.4 is 5.32 Å². The molecule has 0 heterocycles. The van der Waals surface area contributed by atoms with Crippen LogP contribution >= 0.6 is 0 Å². The third-order valence-electron chi connectivity index (χ3n) is 4.04. The molecular formula is C17H36N2. The molecule has 0 bridgehead atoms. The molecular weight excluding hydrogens is 232 g/mol. The van der Waals surface area contributed by atoms with Crippen molar-refractivity contribution in [3.63, 3.8) is 0 Å². The van der Waals surface area contributed by atoms with Crippen molar-refractivity contribution in [3.05, 3.63) is 0 Å². The molecule has 1 fully saturated rings. The number of hydrogen-bond acceptors (Lipinski definition) is 2. The van der Waals surface area contributed by atoms with Gasteiger partial charge in [-0.05, 0) is 57.2 Å². The highest BCUT2D eigenvalue weighted by molar-refractivity contribution is 4.78. The molecule has 0 aromatic heterocycles. The van der Waals surface area contributed by atoms with E-state index in [0.29, 0.717) is 0 Å². The monoisotopic (exact) mass is 268 g/mol. The molecule has 0 spiro atoms. The highest BCUT2D eigenvalue weighted by Crippen LogP contribution is 2.24. The lowest BCUT2D eigenvalue weighted by molar-refractivity contribution is 0.174. The van der Waals surface area contributed by atoms with Crippen molar-refractivity contribution in [1.82, 2.24) is 10.2 Å². The van der Waals surface area contributed by atoms with E-state index in [9.17, 15) is 0 Å². The smallest absolute Gasteiger partial charge is 0.00953 e. The zero-order valence-corrected chi connectivity index (χ0v) is 13.8. The van der Waals surface area contributed by atoms with Crippen LogP contribution in [0.1, 0.15) is 66.2 Å². The lowest BCUT2D eigenvalue weighted by Gasteiger charge is -2.30. The van der Waals surface area contributed by atoms with Crippen molar-refractivity contribution in [2.45, 2.75) is 72.3 Å². The normalized spacial score (nSPS) is 17.2. The Bertz CT molecular complexity index is 207. The second-order valence-electron chi connectivity index (χ2n) is 7.13. The van der Waals surface area contributed by atoms with Crippen molar-refractivity contribution in [1.29, 1.82) is 0 Å². The molecule has 1 rings (SSSR count). The lowest BCUT2D eigenvalue weighted by Crippen LogP contribution is -2.37. The van der Waals surface area contributed by atoms with Gasteiger partial charge in [-0.25, -0.2) is 0 Å². The summed E-state index contributed by atoms with van der Waals surface area (Å²) in [4.78, 5) is 2.78. The quantitative estimate of drug-likeness (QED) is 0.604. The average molecular weight is 268 g/mol. The van der Waals surface area contributed by atoms with Crippen LogP contribution in [0.3, 0.4) is 0 Å². The van der Waals surface area contributed by atoms with Gasteiger partial charge < -0.3 is 10.2 Å². The van der Waals surface area contributed by atoms with Gasteiger partial charge in [0, 0.05) is 12.6 Å². The van der Waals surface area contributed by atoms with Crippen molar-refractivity contribution in [2.24, 2.45) is 11.8 Å². The largest absolute Gasteiger partial charge is 0.316 e. The number of hydrogen-bond donors (Lipinski definition) is 1. The molecule has 1 aliphatic rings. The third kappa shape index (κ3) is 7.94. The molecule has 1 saturated carbocycles. The maximum absolute atomic E-state index is 3.55. The summed E-state index contributed by atoms with van der Waals surface area (Å²) in [5.41, 5.74) is 0. The summed E-state index contributed by atoms with van der Waals surface area (Å²) in [5.74, 6) is 1.58. The summed E-state index contributed by atoms with van der Waals surface area (Å²) >= 11 is 0. The fourth-order valence-electron chi connectivity index (χ4n) is 3.12. The van der Waals surface area contributed by atoms with Gasteiger partial charge in [0.25, 0.3) is 0 Å². The Morgan fingerprint density at radius 2 is 1.68 bits per heavy atom. The molecule has 2 nitrogen and oxygen atoms in total. The van der Waals surface area contributed by atoms with Gasteiger partial charge in [-0.15, -0.1) is 0 Å². The topological polar surface area (TPSA) is 15.3 Å². The number of nitrogens with one attached hydrogen (secondary N) is 1. The highest BCUT2D eigenvalue weighted by atomic mass is 15.2. The molecule has 0 aliphatic heterocycles. The molecule has 0 aromatic rings. The minimum atomic E-state index is 0.774. The van der Waals surface area contributed by atoms with E-state index in [1.807, 2.05) is 0 Å². The summed E-state index contributed by atoms with van der Waals surface area (Å²) < 4.78 is 0. The Kier molecular flexibility index (Phi) is 8.72. The number of unbranched alkanes of at least 4 members (excludes halogenated alkanes) is 1. The van der Waals surface area contributed by atoms with Crippen molar-refractivity contribution in [2.75, 3.05) is 26.2 Å². The second kappa shape index (κ2) is 9.77. The van der Waals surface area contributed by atoms with Gasteiger partial charge >= 0.3 is 0 Å². The molecule has 0 amide bonds. The van der Waals surface area contributed by atoms with Gasteiger partial charge in [0.2, 0.25) is 0 Å². The van der Waals surface area contributed by atoms with Crippen LogP contribution in [0.15, 0.2) is 0 Å². The second-order valence-corrected chi connectivity index (χ2v) is 7.13. The van der Waals surface area contributed by atoms with Gasteiger partial charge in [0.1, 0.15) is 0 Å². The van der Waals surface area contributed by atoms with Crippen LogP contribution in [-0.2, 0) is 0 Å². The Morgan fingerprint density at radius 3 is 2.26 bits per heavy atom. The number of rotatable bonds is 10.